The Morgan fingerprint density at radius 1 is 1.33 bits per heavy atom. The average molecular weight is 411 g/mol. The summed E-state index contributed by atoms with van der Waals surface area (Å²) in [7, 11) is 4.01. The molecule has 5 heteroatoms. The number of halogens is 1. The van der Waals surface area contributed by atoms with Crippen LogP contribution in [0.25, 0.3) is 0 Å². The maximum absolute atomic E-state index is 5.41. The van der Waals surface area contributed by atoms with Gasteiger partial charge < -0.3 is 15.0 Å². The van der Waals surface area contributed by atoms with Crippen molar-refractivity contribution in [3.05, 3.63) is 0 Å². The van der Waals surface area contributed by atoms with E-state index in [1.54, 1.807) is 0 Å². The molecule has 126 valence electrons. The zero-order valence-electron chi connectivity index (χ0n) is 14.2. The zero-order valence-corrected chi connectivity index (χ0v) is 16.6. The Morgan fingerprint density at radius 2 is 2.00 bits per heavy atom. The average Bonchev–Trinajstić information content (AvgIpc) is 2.45. The number of hydrogen-bond acceptors (Lipinski definition) is 2. The summed E-state index contributed by atoms with van der Waals surface area (Å²) in [5, 5.41) is 3.46. The van der Waals surface area contributed by atoms with Crippen molar-refractivity contribution < 1.29 is 4.74 Å². The fourth-order valence-corrected chi connectivity index (χ4v) is 2.61. The molecule has 0 aromatic rings. The maximum atomic E-state index is 5.41. The Balaban J connectivity index is 0.00000400. The van der Waals surface area contributed by atoms with Gasteiger partial charge in [0, 0.05) is 40.4 Å². The molecule has 0 atom stereocenters. The molecule has 0 radical (unpaired) electrons. The van der Waals surface area contributed by atoms with Crippen LogP contribution in [0.5, 0.6) is 0 Å². The summed E-state index contributed by atoms with van der Waals surface area (Å²) in [5.41, 5.74) is 0. The fourth-order valence-electron chi connectivity index (χ4n) is 2.61. The topological polar surface area (TPSA) is 36.9 Å². The van der Waals surface area contributed by atoms with Crippen LogP contribution in [-0.4, -0.2) is 51.3 Å². The van der Waals surface area contributed by atoms with Crippen LogP contribution in [0, 0.1) is 11.8 Å². The van der Waals surface area contributed by atoms with Crippen LogP contribution >= 0.6 is 24.0 Å². The minimum atomic E-state index is 0. The van der Waals surface area contributed by atoms with Gasteiger partial charge in [-0.2, -0.15) is 0 Å². The Hall–Kier alpha value is -0.0400. The van der Waals surface area contributed by atoms with E-state index in [4.69, 9.17) is 4.74 Å². The van der Waals surface area contributed by atoms with E-state index in [0.29, 0.717) is 0 Å². The second-order valence-corrected chi connectivity index (χ2v) is 6.28. The van der Waals surface area contributed by atoms with Gasteiger partial charge in [-0.1, -0.05) is 13.8 Å². The standard InChI is InChI=1S/C16H33N3O.HI/c1-14(2)6-5-10-18-16(17-3)19(4)11-7-15-8-12-20-13-9-15;/h14-15H,5-13H2,1-4H3,(H,17,18);1H. The molecule has 0 amide bonds. The number of ether oxygens (including phenoxy) is 1. The summed E-state index contributed by atoms with van der Waals surface area (Å²) in [4.78, 5) is 6.63. The molecule has 0 aromatic carbocycles. The van der Waals surface area contributed by atoms with E-state index in [0.717, 1.165) is 44.1 Å². The molecule has 0 aliphatic carbocycles. The molecular formula is C16H34IN3O. The van der Waals surface area contributed by atoms with E-state index in [1.165, 1.54) is 32.1 Å². The highest BCUT2D eigenvalue weighted by Gasteiger charge is 2.15. The molecule has 0 bridgehead atoms. The monoisotopic (exact) mass is 411 g/mol. The molecule has 1 heterocycles. The van der Waals surface area contributed by atoms with Crippen molar-refractivity contribution in [3.63, 3.8) is 0 Å². The van der Waals surface area contributed by atoms with Crippen LogP contribution < -0.4 is 5.32 Å². The highest BCUT2D eigenvalue weighted by molar-refractivity contribution is 14.0. The SMILES string of the molecule is CN=C(NCCCC(C)C)N(C)CCC1CCOCC1.I. The molecule has 1 N–H and O–H groups in total. The lowest BCUT2D eigenvalue weighted by molar-refractivity contribution is 0.0625. The minimum absolute atomic E-state index is 0. The van der Waals surface area contributed by atoms with Crippen molar-refractivity contribution in [2.24, 2.45) is 16.8 Å². The minimum Gasteiger partial charge on any atom is -0.381 e. The third-order valence-electron chi connectivity index (χ3n) is 4.03. The van der Waals surface area contributed by atoms with Gasteiger partial charge in [0.1, 0.15) is 0 Å². The first kappa shape index (κ1) is 21.0. The van der Waals surface area contributed by atoms with Gasteiger partial charge in [0.05, 0.1) is 0 Å². The fraction of sp³-hybridized carbons (Fsp3) is 0.938. The molecule has 1 aliphatic heterocycles. The first-order chi connectivity index (χ1) is 9.63. The maximum Gasteiger partial charge on any atom is 0.193 e. The van der Waals surface area contributed by atoms with Crippen LogP contribution in [0.2, 0.25) is 0 Å². The van der Waals surface area contributed by atoms with Crippen molar-refractivity contribution in [2.45, 2.75) is 46.0 Å². The molecule has 1 saturated heterocycles. The third kappa shape index (κ3) is 9.55. The lowest BCUT2D eigenvalue weighted by Gasteiger charge is -2.26. The van der Waals surface area contributed by atoms with E-state index in [2.05, 4.69) is 36.1 Å². The first-order valence-corrected chi connectivity index (χ1v) is 8.13. The lowest BCUT2D eigenvalue weighted by Crippen LogP contribution is -2.40. The number of rotatable bonds is 7. The van der Waals surface area contributed by atoms with E-state index < -0.39 is 0 Å². The number of nitrogens with one attached hydrogen (secondary N) is 1. The van der Waals surface area contributed by atoms with Crippen molar-refractivity contribution >= 4 is 29.9 Å². The second-order valence-electron chi connectivity index (χ2n) is 6.28. The summed E-state index contributed by atoms with van der Waals surface area (Å²) in [6.45, 7) is 8.53. The molecule has 0 saturated carbocycles. The second kappa shape index (κ2) is 12.5. The molecular weight excluding hydrogens is 377 g/mol. The van der Waals surface area contributed by atoms with Gasteiger partial charge in [-0.05, 0) is 43.9 Å². The van der Waals surface area contributed by atoms with Gasteiger partial charge >= 0.3 is 0 Å². The Kier molecular flexibility index (Phi) is 12.5. The van der Waals surface area contributed by atoms with Gasteiger partial charge in [0.2, 0.25) is 0 Å². The van der Waals surface area contributed by atoms with Crippen LogP contribution in [0.15, 0.2) is 4.99 Å². The quantitative estimate of drug-likeness (QED) is 0.302. The van der Waals surface area contributed by atoms with Gasteiger partial charge in [0.25, 0.3) is 0 Å². The number of nitrogens with zero attached hydrogens (tertiary/aromatic N) is 2. The molecule has 21 heavy (non-hydrogen) atoms. The molecule has 0 spiro atoms. The molecule has 1 rings (SSSR count). The summed E-state index contributed by atoms with van der Waals surface area (Å²) >= 11 is 0. The molecule has 1 fully saturated rings. The highest BCUT2D eigenvalue weighted by atomic mass is 127. The predicted octanol–water partition coefficient (Wildman–Crippen LogP) is 3.36. The van der Waals surface area contributed by atoms with Gasteiger partial charge in [-0.3, -0.25) is 4.99 Å². The first-order valence-electron chi connectivity index (χ1n) is 8.13. The van der Waals surface area contributed by atoms with Crippen LogP contribution in [0.1, 0.15) is 46.0 Å². The third-order valence-corrected chi connectivity index (χ3v) is 4.03. The van der Waals surface area contributed by atoms with E-state index in [9.17, 15) is 0 Å². The molecule has 0 unspecified atom stereocenters. The van der Waals surface area contributed by atoms with Crippen molar-refractivity contribution in [1.29, 1.82) is 0 Å². The molecule has 1 aliphatic rings. The molecule has 0 aromatic heterocycles. The highest BCUT2D eigenvalue weighted by Crippen LogP contribution is 2.18. The molecule has 4 nitrogen and oxygen atoms in total. The predicted molar refractivity (Wildman–Crippen MR) is 102 cm³/mol. The van der Waals surface area contributed by atoms with E-state index >= 15 is 0 Å². The van der Waals surface area contributed by atoms with Gasteiger partial charge in [-0.15, -0.1) is 24.0 Å². The van der Waals surface area contributed by atoms with Crippen LogP contribution in [0.3, 0.4) is 0 Å². The van der Waals surface area contributed by atoms with E-state index in [-0.39, 0.29) is 24.0 Å². The van der Waals surface area contributed by atoms with Crippen LogP contribution in [-0.2, 0) is 4.74 Å². The summed E-state index contributed by atoms with van der Waals surface area (Å²) in [5.74, 6) is 2.64. The number of hydrogen-bond donors (Lipinski definition) is 1. The Bertz CT molecular complexity index is 279. The van der Waals surface area contributed by atoms with Crippen molar-refractivity contribution in [3.8, 4) is 0 Å². The van der Waals surface area contributed by atoms with Crippen molar-refractivity contribution in [1.82, 2.24) is 10.2 Å². The smallest absolute Gasteiger partial charge is 0.193 e. The van der Waals surface area contributed by atoms with Crippen molar-refractivity contribution in [2.75, 3.05) is 40.4 Å². The van der Waals surface area contributed by atoms with Gasteiger partial charge in [0.15, 0.2) is 5.96 Å². The normalized spacial score (nSPS) is 16.7. The van der Waals surface area contributed by atoms with Gasteiger partial charge in [-0.25, -0.2) is 0 Å². The van der Waals surface area contributed by atoms with E-state index in [1.807, 2.05) is 7.05 Å². The zero-order chi connectivity index (χ0) is 14.8. The summed E-state index contributed by atoms with van der Waals surface area (Å²) < 4.78 is 5.41. The largest absolute Gasteiger partial charge is 0.381 e. The lowest BCUT2D eigenvalue weighted by atomic mass is 9.96. The summed E-state index contributed by atoms with van der Waals surface area (Å²) in [6, 6.07) is 0. The Labute approximate surface area is 148 Å². The Morgan fingerprint density at radius 3 is 2.57 bits per heavy atom. The number of guanidine groups is 1. The summed E-state index contributed by atoms with van der Waals surface area (Å²) in [6.07, 6.45) is 6.16. The van der Waals surface area contributed by atoms with Crippen LogP contribution in [0.4, 0.5) is 0 Å². The number of aliphatic imine (C=N–C) groups is 1.